The van der Waals surface area contributed by atoms with Crippen LogP contribution in [0.5, 0.6) is 0 Å². The van der Waals surface area contributed by atoms with Crippen molar-refractivity contribution in [1.82, 2.24) is 4.90 Å². The zero-order chi connectivity index (χ0) is 21.3. The molecule has 0 bridgehead atoms. The summed E-state index contributed by atoms with van der Waals surface area (Å²) in [5, 5.41) is 1.57. The highest BCUT2D eigenvalue weighted by molar-refractivity contribution is 8.04. The molecule has 2 saturated heterocycles. The van der Waals surface area contributed by atoms with Crippen molar-refractivity contribution in [3.63, 3.8) is 0 Å². The number of carbonyl (C=O) groups excluding carboxylic acids is 1. The molecule has 2 aliphatic rings. The van der Waals surface area contributed by atoms with Crippen LogP contribution >= 0.6 is 46.6 Å². The third-order valence-electron chi connectivity index (χ3n) is 5.39. The molecule has 0 N–H and O–H groups in total. The average Bonchev–Trinajstić information content (AvgIpc) is 2.74. The fourth-order valence-electron chi connectivity index (χ4n) is 3.67. The zero-order valence-corrected chi connectivity index (χ0v) is 19.7. The minimum Gasteiger partial charge on any atom is -0.368 e. The smallest absolute Gasteiger partial charge is 0.264 e. The third kappa shape index (κ3) is 4.61. The molecule has 0 aliphatic carbocycles. The molecule has 2 aliphatic heterocycles. The third-order valence-corrected chi connectivity index (χ3v) is 7.45. The second kappa shape index (κ2) is 9.41. The largest absolute Gasteiger partial charge is 0.368 e. The minimum atomic E-state index is -0.0473. The molecule has 4 rings (SSSR count). The SMILES string of the molecule is CN1CCN(c2cccc(Cl)c2/C=C2/SCCN(c3ccc(Cl)c(Cl)c3)C2=O)CC1. The van der Waals surface area contributed by atoms with Crippen LogP contribution in [-0.2, 0) is 4.79 Å². The van der Waals surface area contributed by atoms with E-state index in [0.717, 1.165) is 48.9 Å². The first-order valence-electron chi connectivity index (χ1n) is 9.77. The normalized spacial score (nSPS) is 19.6. The summed E-state index contributed by atoms with van der Waals surface area (Å²) in [7, 11) is 2.13. The molecule has 0 spiro atoms. The Hall–Kier alpha value is -1.37. The number of nitrogens with zero attached hydrogens (tertiary/aromatic N) is 3. The van der Waals surface area contributed by atoms with Crippen molar-refractivity contribution in [2.24, 2.45) is 0 Å². The monoisotopic (exact) mass is 481 g/mol. The number of anilines is 2. The Labute approximate surface area is 196 Å². The Morgan fingerprint density at radius 3 is 2.43 bits per heavy atom. The Bertz CT molecular complexity index is 990. The van der Waals surface area contributed by atoms with Gasteiger partial charge in [-0.25, -0.2) is 0 Å². The predicted molar refractivity (Wildman–Crippen MR) is 130 cm³/mol. The lowest BCUT2D eigenvalue weighted by atomic mass is 10.1. The molecule has 4 nitrogen and oxygen atoms in total. The van der Waals surface area contributed by atoms with Crippen LogP contribution in [0.3, 0.4) is 0 Å². The van der Waals surface area contributed by atoms with Gasteiger partial charge in [0, 0.05) is 60.4 Å². The van der Waals surface area contributed by atoms with Crippen LogP contribution in [0.1, 0.15) is 5.56 Å². The van der Waals surface area contributed by atoms with E-state index in [4.69, 9.17) is 34.8 Å². The molecule has 0 saturated carbocycles. The molecule has 30 heavy (non-hydrogen) atoms. The van der Waals surface area contributed by atoms with Crippen LogP contribution < -0.4 is 9.80 Å². The summed E-state index contributed by atoms with van der Waals surface area (Å²) in [6.45, 7) is 4.49. The fraction of sp³-hybridized carbons (Fsp3) is 0.318. The summed E-state index contributed by atoms with van der Waals surface area (Å²) in [6.07, 6.45) is 1.94. The fourth-order valence-corrected chi connectivity index (χ4v) is 5.11. The first-order valence-corrected chi connectivity index (χ1v) is 11.9. The van der Waals surface area contributed by atoms with E-state index >= 15 is 0 Å². The Morgan fingerprint density at radius 1 is 0.933 bits per heavy atom. The Balaban J connectivity index is 1.66. The lowest BCUT2D eigenvalue weighted by molar-refractivity contribution is -0.114. The standard InChI is InChI=1S/C22H22Cl3N3OS/c1-26-7-9-27(10-8-26)20-4-2-3-17(23)16(20)14-21-22(29)28(11-12-30-21)15-5-6-18(24)19(25)13-15/h2-6,13-14H,7-12H2,1H3/b21-14+. The first kappa shape index (κ1) is 21.8. The van der Waals surface area contributed by atoms with Crippen molar-refractivity contribution >= 4 is 69.9 Å². The quantitative estimate of drug-likeness (QED) is 0.538. The van der Waals surface area contributed by atoms with Crippen LogP contribution in [0.2, 0.25) is 15.1 Å². The molecule has 2 fully saturated rings. The van der Waals surface area contributed by atoms with Crippen LogP contribution in [0.4, 0.5) is 11.4 Å². The highest BCUT2D eigenvalue weighted by Gasteiger charge is 2.27. The van der Waals surface area contributed by atoms with Gasteiger partial charge in [-0.2, -0.15) is 0 Å². The van der Waals surface area contributed by atoms with Crippen LogP contribution in [-0.4, -0.2) is 56.3 Å². The van der Waals surface area contributed by atoms with E-state index in [1.165, 1.54) is 0 Å². The summed E-state index contributed by atoms with van der Waals surface area (Å²) in [6, 6.07) is 11.2. The van der Waals surface area contributed by atoms with Crippen LogP contribution in [0, 0.1) is 0 Å². The van der Waals surface area contributed by atoms with Gasteiger partial charge >= 0.3 is 0 Å². The van der Waals surface area contributed by atoms with Crippen molar-refractivity contribution in [3.8, 4) is 0 Å². The molecule has 2 aromatic rings. The maximum Gasteiger partial charge on any atom is 0.264 e. The van der Waals surface area contributed by atoms with Crippen LogP contribution in [0.25, 0.3) is 6.08 Å². The second-order valence-electron chi connectivity index (χ2n) is 7.38. The van der Waals surface area contributed by atoms with Gasteiger partial charge in [0.15, 0.2) is 0 Å². The number of benzene rings is 2. The zero-order valence-electron chi connectivity index (χ0n) is 16.6. The average molecular weight is 483 g/mol. The number of rotatable bonds is 3. The van der Waals surface area contributed by atoms with Gasteiger partial charge in [-0.05, 0) is 43.5 Å². The van der Waals surface area contributed by atoms with E-state index in [2.05, 4.69) is 22.9 Å². The molecule has 0 atom stereocenters. The molecular weight excluding hydrogens is 461 g/mol. The van der Waals surface area contributed by atoms with Gasteiger partial charge in [0.2, 0.25) is 0 Å². The van der Waals surface area contributed by atoms with E-state index in [1.54, 1.807) is 28.8 Å². The lowest BCUT2D eigenvalue weighted by Gasteiger charge is -2.35. The summed E-state index contributed by atoms with van der Waals surface area (Å²) in [4.78, 5) is 20.3. The van der Waals surface area contributed by atoms with E-state index < -0.39 is 0 Å². The molecule has 1 amide bonds. The number of amides is 1. The van der Waals surface area contributed by atoms with Crippen molar-refractivity contribution in [1.29, 1.82) is 0 Å². The number of piperazine rings is 1. The van der Waals surface area contributed by atoms with Gasteiger partial charge < -0.3 is 14.7 Å². The van der Waals surface area contributed by atoms with Crippen molar-refractivity contribution < 1.29 is 4.79 Å². The van der Waals surface area contributed by atoms with Gasteiger partial charge in [-0.3, -0.25) is 4.79 Å². The summed E-state index contributed by atoms with van der Waals surface area (Å²) >= 11 is 20.4. The molecule has 8 heteroatoms. The number of hydrogen-bond donors (Lipinski definition) is 0. The van der Waals surface area contributed by atoms with Crippen LogP contribution in [0.15, 0.2) is 41.3 Å². The van der Waals surface area contributed by atoms with E-state index in [9.17, 15) is 4.79 Å². The molecule has 0 aromatic heterocycles. The predicted octanol–water partition coefficient (Wildman–Crippen LogP) is 5.52. The molecule has 158 valence electrons. The van der Waals surface area contributed by atoms with Crippen molar-refractivity contribution in [2.75, 3.05) is 55.3 Å². The molecule has 2 aromatic carbocycles. The molecule has 0 unspecified atom stereocenters. The summed E-state index contributed by atoms with van der Waals surface area (Å²) in [5.41, 5.74) is 2.72. The number of hydrogen-bond acceptors (Lipinski definition) is 4. The number of likely N-dealkylation sites (N-methyl/N-ethyl adjacent to an activating group) is 1. The molecular formula is C22H22Cl3N3OS. The van der Waals surface area contributed by atoms with Gasteiger partial charge in [0.1, 0.15) is 0 Å². The summed E-state index contributed by atoms with van der Waals surface area (Å²) in [5.74, 6) is 0.750. The highest BCUT2D eigenvalue weighted by atomic mass is 35.5. The maximum atomic E-state index is 13.3. The van der Waals surface area contributed by atoms with E-state index in [-0.39, 0.29) is 5.91 Å². The maximum absolute atomic E-state index is 13.3. The molecule has 0 radical (unpaired) electrons. The Kier molecular flexibility index (Phi) is 6.85. The van der Waals surface area contributed by atoms with Gasteiger partial charge in [-0.1, -0.05) is 40.9 Å². The second-order valence-corrected chi connectivity index (χ2v) is 9.73. The van der Waals surface area contributed by atoms with Gasteiger partial charge in [0.25, 0.3) is 5.91 Å². The Morgan fingerprint density at radius 2 is 1.70 bits per heavy atom. The number of carbonyl (C=O) groups is 1. The number of halogens is 3. The first-order chi connectivity index (χ1) is 14.4. The highest BCUT2D eigenvalue weighted by Crippen LogP contribution is 2.36. The van der Waals surface area contributed by atoms with E-state index in [0.29, 0.717) is 26.5 Å². The summed E-state index contributed by atoms with van der Waals surface area (Å²) < 4.78 is 0. The lowest BCUT2D eigenvalue weighted by Crippen LogP contribution is -2.44. The molecule has 2 heterocycles. The van der Waals surface area contributed by atoms with Crippen molar-refractivity contribution in [2.45, 2.75) is 0 Å². The van der Waals surface area contributed by atoms with Gasteiger partial charge in [-0.15, -0.1) is 11.8 Å². The number of thioether (sulfide) groups is 1. The van der Waals surface area contributed by atoms with E-state index in [1.807, 2.05) is 24.3 Å². The van der Waals surface area contributed by atoms with Gasteiger partial charge in [0.05, 0.1) is 15.0 Å². The van der Waals surface area contributed by atoms with Crippen molar-refractivity contribution in [3.05, 3.63) is 61.9 Å². The minimum absolute atomic E-state index is 0.0473. The topological polar surface area (TPSA) is 26.8 Å².